The van der Waals surface area contributed by atoms with Crippen LogP contribution >= 0.6 is 7.82 Å². The molecule has 0 aromatic rings. The largest absolute Gasteiger partial charge is 0.530 e. The standard InChI is InChI=1S/C6H11O6P/c1-3-6(8)12-13(9,10)11-5(2)4-7/h4-5H,3H2,1-2H3,(H,9,10). The molecule has 2 unspecified atom stereocenters. The molecule has 0 aromatic heterocycles. The summed E-state index contributed by atoms with van der Waals surface area (Å²) in [5.41, 5.74) is 0. The summed E-state index contributed by atoms with van der Waals surface area (Å²) in [6.07, 6.45) is -0.799. The number of carbonyl (C=O) groups excluding carboxylic acids is 2. The maximum absolute atomic E-state index is 10.9. The number of phosphoric ester groups is 1. The van der Waals surface area contributed by atoms with Gasteiger partial charge in [0, 0.05) is 6.42 Å². The van der Waals surface area contributed by atoms with Gasteiger partial charge in [-0.25, -0.2) is 4.57 Å². The fourth-order valence-corrected chi connectivity index (χ4v) is 1.35. The van der Waals surface area contributed by atoms with Crippen LogP contribution in [0.3, 0.4) is 0 Å². The molecule has 76 valence electrons. The van der Waals surface area contributed by atoms with Crippen LogP contribution in [-0.4, -0.2) is 23.3 Å². The molecule has 0 spiro atoms. The van der Waals surface area contributed by atoms with Crippen molar-refractivity contribution in [3.8, 4) is 0 Å². The summed E-state index contributed by atoms with van der Waals surface area (Å²) >= 11 is 0. The maximum Gasteiger partial charge on any atom is 0.530 e. The zero-order chi connectivity index (χ0) is 10.5. The van der Waals surface area contributed by atoms with Crippen LogP contribution in [0.15, 0.2) is 0 Å². The first kappa shape index (κ1) is 12.3. The molecule has 0 aliphatic rings. The molecule has 0 saturated heterocycles. The molecular weight excluding hydrogens is 199 g/mol. The van der Waals surface area contributed by atoms with Crippen LogP contribution in [0, 0.1) is 0 Å². The first-order valence-corrected chi connectivity index (χ1v) is 5.09. The van der Waals surface area contributed by atoms with E-state index in [9.17, 15) is 14.2 Å². The van der Waals surface area contributed by atoms with Gasteiger partial charge in [0.15, 0.2) is 0 Å². The first-order chi connectivity index (χ1) is 5.91. The van der Waals surface area contributed by atoms with Gasteiger partial charge >= 0.3 is 13.8 Å². The molecule has 7 heteroatoms. The van der Waals surface area contributed by atoms with E-state index in [4.69, 9.17) is 4.89 Å². The molecule has 0 heterocycles. The van der Waals surface area contributed by atoms with Crippen LogP contribution in [0.2, 0.25) is 0 Å². The van der Waals surface area contributed by atoms with Crippen LogP contribution in [0.4, 0.5) is 0 Å². The van der Waals surface area contributed by atoms with Gasteiger partial charge in [0.1, 0.15) is 12.4 Å². The third-order valence-corrected chi connectivity index (χ3v) is 2.03. The summed E-state index contributed by atoms with van der Waals surface area (Å²) in [5.74, 6) is -0.857. The lowest BCUT2D eigenvalue weighted by molar-refractivity contribution is -0.136. The molecular formula is C6H11O6P. The van der Waals surface area contributed by atoms with Gasteiger partial charge in [-0.05, 0) is 6.92 Å². The minimum atomic E-state index is -4.42. The van der Waals surface area contributed by atoms with Gasteiger partial charge in [0.05, 0.1) is 0 Å². The van der Waals surface area contributed by atoms with Gasteiger partial charge in [-0.3, -0.25) is 14.2 Å². The van der Waals surface area contributed by atoms with Crippen LogP contribution in [0.25, 0.3) is 0 Å². The second-order valence-corrected chi connectivity index (χ2v) is 3.56. The van der Waals surface area contributed by atoms with Gasteiger partial charge in [-0.15, -0.1) is 0 Å². The Bertz CT molecular complexity index is 237. The van der Waals surface area contributed by atoms with Crippen molar-refractivity contribution in [2.75, 3.05) is 0 Å². The molecule has 0 aromatic carbocycles. The topological polar surface area (TPSA) is 89.9 Å². The number of carbonyl (C=O) groups is 2. The second-order valence-electron chi connectivity index (χ2n) is 2.23. The normalized spacial score (nSPS) is 17.2. The third-order valence-electron chi connectivity index (χ3n) is 0.997. The van der Waals surface area contributed by atoms with E-state index in [0.29, 0.717) is 6.29 Å². The highest BCUT2D eigenvalue weighted by atomic mass is 31.2. The van der Waals surface area contributed by atoms with Crippen molar-refractivity contribution < 1.29 is 28.1 Å². The average Bonchev–Trinajstić information content (AvgIpc) is 2.02. The molecule has 13 heavy (non-hydrogen) atoms. The van der Waals surface area contributed by atoms with E-state index in [1.165, 1.54) is 13.8 Å². The lowest BCUT2D eigenvalue weighted by Gasteiger charge is -2.12. The number of hydrogen-bond donors (Lipinski definition) is 1. The summed E-state index contributed by atoms with van der Waals surface area (Å²) < 4.78 is 19.2. The Labute approximate surface area is 75.5 Å². The molecule has 0 rings (SSSR count). The Morgan fingerprint density at radius 2 is 2.23 bits per heavy atom. The fourth-order valence-electron chi connectivity index (χ4n) is 0.450. The zero-order valence-electron chi connectivity index (χ0n) is 7.30. The van der Waals surface area contributed by atoms with E-state index in [0.717, 1.165) is 0 Å². The predicted octanol–water partition coefficient (Wildman–Crippen LogP) is 0.644. The molecule has 0 saturated carbocycles. The Kier molecular flexibility index (Phi) is 4.83. The monoisotopic (exact) mass is 210 g/mol. The molecule has 6 nitrogen and oxygen atoms in total. The molecule has 0 aliphatic heterocycles. The molecule has 0 bridgehead atoms. The lowest BCUT2D eigenvalue weighted by atomic mass is 10.5. The van der Waals surface area contributed by atoms with Crippen molar-refractivity contribution in [1.82, 2.24) is 0 Å². The van der Waals surface area contributed by atoms with Crippen molar-refractivity contribution in [2.45, 2.75) is 26.4 Å². The van der Waals surface area contributed by atoms with Crippen LogP contribution in [0.1, 0.15) is 20.3 Å². The van der Waals surface area contributed by atoms with E-state index >= 15 is 0 Å². The lowest BCUT2D eigenvalue weighted by Crippen LogP contribution is -2.11. The smallest absolute Gasteiger partial charge is 0.371 e. The second kappa shape index (κ2) is 5.11. The Morgan fingerprint density at radius 1 is 1.69 bits per heavy atom. The maximum atomic E-state index is 10.9. The summed E-state index contributed by atoms with van der Waals surface area (Å²) in [4.78, 5) is 29.5. The van der Waals surface area contributed by atoms with Crippen molar-refractivity contribution >= 4 is 20.1 Å². The van der Waals surface area contributed by atoms with Crippen molar-refractivity contribution in [3.63, 3.8) is 0 Å². The average molecular weight is 210 g/mol. The molecule has 1 N–H and O–H groups in total. The van der Waals surface area contributed by atoms with E-state index in [2.05, 4.69) is 9.05 Å². The fraction of sp³-hybridized carbons (Fsp3) is 0.667. The molecule has 0 amide bonds. The minimum absolute atomic E-state index is 0.0383. The molecule has 0 aliphatic carbocycles. The number of rotatable bonds is 5. The molecule has 0 fully saturated rings. The number of phosphoric acid groups is 1. The third kappa shape index (κ3) is 5.52. The summed E-state index contributed by atoms with van der Waals surface area (Å²) in [5, 5.41) is 0. The van der Waals surface area contributed by atoms with Gasteiger partial charge in [-0.1, -0.05) is 6.92 Å². The Balaban J connectivity index is 4.16. The first-order valence-electron chi connectivity index (χ1n) is 3.60. The highest BCUT2D eigenvalue weighted by Gasteiger charge is 2.27. The minimum Gasteiger partial charge on any atom is -0.371 e. The highest BCUT2D eigenvalue weighted by Crippen LogP contribution is 2.44. The van der Waals surface area contributed by atoms with Crippen molar-refractivity contribution in [3.05, 3.63) is 0 Å². The van der Waals surface area contributed by atoms with Crippen molar-refractivity contribution in [1.29, 1.82) is 0 Å². The Morgan fingerprint density at radius 3 is 2.62 bits per heavy atom. The summed E-state index contributed by atoms with van der Waals surface area (Å²) in [7, 11) is -4.42. The van der Waals surface area contributed by atoms with E-state index < -0.39 is 19.9 Å². The zero-order valence-corrected chi connectivity index (χ0v) is 8.19. The molecule has 2 atom stereocenters. The van der Waals surface area contributed by atoms with Crippen molar-refractivity contribution in [2.24, 2.45) is 0 Å². The van der Waals surface area contributed by atoms with Gasteiger partial charge in [0.2, 0.25) is 0 Å². The van der Waals surface area contributed by atoms with E-state index in [1.54, 1.807) is 0 Å². The predicted molar refractivity (Wildman–Crippen MR) is 42.8 cm³/mol. The van der Waals surface area contributed by atoms with Gasteiger partial charge in [0.25, 0.3) is 0 Å². The van der Waals surface area contributed by atoms with E-state index in [-0.39, 0.29) is 6.42 Å². The van der Waals surface area contributed by atoms with Crippen LogP contribution < -0.4 is 0 Å². The quantitative estimate of drug-likeness (QED) is 0.529. The SMILES string of the molecule is CCC(=O)OP(=O)(O)OC(C)C=O. The van der Waals surface area contributed by atoms with E-state index in [1.807, 2.05) is 0 Å². The molecule has 0 radical (unpaired) electrons. The number of hydrogen-bond acceptors (Lipinski definition) is 5. The summed E-state index contributed by atoms with van der Waals surface area (Å²) in [6.45, 7) is 2.72. The Hall–Kier alpha value is -0.710. The van der Waals surface area contributed by atoms with Crippen LogP contribution in [0.5, 0.6) is 0 Å². The highest BCUT2D eigenvalue weighted by molar-refractivity contribution is 7.48. The van der Waals surface area contributed by atoms with Gasteiger partial charge < -0.3 is 9.32 Å². The number of aldehydes is 1. The summed E-state index contributed by atoms with van der Waals surface area (Å²) in [6, 6.07) is 0. The van der Waals surface area contributed by atoms with Crippen LogP contribution in [-0.2, 0) is 23.2 Å². The van der Waals surface area contributed by atoms with Gasteiger partial charge in [-0.2, -0.15) is 0 Å².